The van der Waals surface area contributed by atoms with Crippen LogP contribution in [-0.2, 0) is 0 Å². The van der Waals surface area contributed by atoms with Crippen LogP contribution in [0.4, 0.5) is 0 Å². The van der Waals surface area contributed by atoms with Gasteiger partial charge in [0, 0.05) is 6.54 Å². The Balaban J connectivity index is 2.35. The highest BCUT2D eigenvalue weighted by Crippen LogP contribution is 2.14. The van der Waals surface area contributed by atoms with Gasteiger partial charge in [-0.1, -0.05) is 12.1 Å². The third kappa shape index (κ3) is 1.62. The number of H-pyrrole nitrogens is 1. The Morgan fingerprint density at radius 2 is 2.29 bits per heavy atom. The van der Waals surface area contributed by atoms with Gasteiger partial charge in [0.15, 0.2) is 0 Å². The molecule has 1 atom stereocenters. The fraction of sp³-hybridized carbons (Fsp3) is 0.300. The quantitative estimate of drug-likeness (QED) is 0.673. The number of aliphatic hydroxyl groups is 1. The molecule has 14 heavy (non-hydrogen) atoms. The molecule has 0 spiro atoms. The number of likely N-dealkylation sites (N-methyl/N-ethyl adjacent to an activating group) is 1. The van der Waals surface area contributed by atoms with Crippen LogP contribution in [0.5, 0.6) is 0 Å². The van der Waals surface area contributed by atoms with E-state index in [0.29, 0.717) is 12.4 Å². The summed E-state index contributed by atoms with van der Waals surface area (Å²) in [5.41, 5.74) is 1.84. The van der Waals surface area contributed by atoms with Crippen molar-refractivity contribution >= 4 is 11.0 Å². The molecular weight excluding hydrogens is 178 g/mol. The lowest BCUT2D eigenvalue weighted by Gasteiger charge is -2.04. The van der Waals surface area contributed by atoms with Gasteiger partial charge in [-0.25, -0.2) is 4.98 Å². The van der Waals surface area contributed by atoms with Crippen LogP contribution in [0.15, 0.2) is 24.3 Å². The van der Waals surface area contributed by atoms with Crippen molar-refractivity contribution in [2.75, 3.05) is 13.6 Å². The summed E-state index contributed by atoms with van der Waals surface area (Å²) in [6.07, 6.45) is -0.576. The van der Waals surface area contributed by atoms with Crippen LogP contribution in [0.1, 0.15) is 11.9 Å². The number of aromatic amines is 1. The summed E-state index contributed by atoms with van der Waals surface area (Å²) in [6, 6.07) is 7.73. The van der Waals surface area contributed by atoms with Crippen molar-refractivity contribution < 1.29 is 5.11 Å². The number of hydrogen-bond donors (Lipinski definition) is 3. The molecule has 1 aromatic carbocycles. The van der Waals surface area contributed by atoms with Gasteiger partial charge in [0.1, 0.15) is 11.9 Å². The second-order valence-corrected chi connectivity index (χ2v) is 3.21. The highest BCUT2D eigenvalue weighted by atomic mass is 16.3. The van der Waals surface area contributed by atoms with Crippen molar-refractivity contribution in [2.45, 2.75) is 6.10 Å². The minimum Gasteiger partial charge on any atom is -0.384 e. The number of nitrogens with one attached hydrogen (secondary N) is 2. The van der Waals surface area contributed by atoms with Gasteiger partial charge in [-0.2, -0.15) is 0 Å². The summed E-state index contributed by atoms with van der Waals surface area (Å²) in [7, 11) is 1.80. The van der Waals surface area contributed by atoms with Crippen LogP contribution in [0.3, 0.4) is 0 Å². The van der Waals surface area contributed by atoms with Crippen LogP contribution < -0.4 is 5.32 Å². The van der Waals surface area contributed by atoms with Crippen LogP contribution in [0, 0.1) is 0 Å². The molecule has 0 bridgehead atoms. The Bertz CT molecular complexity index is 391. The first-order valence-electron chi connectivity index (χ1n) is 4.58. The highest BCUT2D eigenvalue weighted by Gasteiger charge is 2.10. The number of aliphatic hydroxyl groups excluding tert-OH is 1. The summed E-state index contributed by atoms with van der Waals surface area (Å²) < 4.78 is 0. The molecule has 0 amide bonds. The molecule has 4 heteroatoms. The number of nitrogens with zero attached hydrogens (tertiary/aromatic N) is 1. The van der Waals surface area contributed by atoms with Crippen LogP contribution in [0.2, 0.25) is 0 Å². The average Bonchev–Trinajstić information content (AvgIpc) is 2.61. The SMILES string of the molecule is CNCC(O)c1nc2ccccc2[nH]1. The lowest BCUT2D eigenvalue weighted by molar-refractivity contribution is 0.169. The molecule has 0 fully saturated rings. The predicted octanol–water partition coefficient (Wildman–Crippen LogP) is 0.816. The molecule has 0 saturated heterocycles. The molecular formula is C10H13N3O. The molecule has 0 aliphatic carbocycles. The van der Waals surface area contributed by atoms with E-state index in [1.54, 1.807) is 7.05 Å². The fourth-order valence-electron chi connectivity index (χ4n) is 1.42. The zero-order valence-corrected chi connectivity index (χ0v) is 7.99. The fourth-order valence-corrected chi connectivity index (χ4v) is 1.42. The monoisotopic (exact) mass is 191 g/mol. The minimum absolute atomic E-state index is 0.500. The van der Waals surface area contributed by atoms with Crippen molar-refractivity contribution in [1.82, 2.24) is 15.3 Å². The van der Waals surface area contributed by atoms with Gasteiger partial charge in [-0.05, 0) is 19.2 Å². The Hall–Kier alpha value is -1.39. The Morgan fingerprint density at radius 1 is 1.50 bits per heavy atom. The van der Waals surface area contributed by atoms with E-state index in [0.717, 1.165) is 11.0 Å². The molecule has 1 heterocycles. The third-order valence-electron chi connectivity index (χ3n) is 2.12. The van der Waals surface area contributed by atoms with Crippen molar-refractivity contribution in [3.05, 3.63) is 30.1 Å². The van der Waals surface area contributed by atoms with E-state index in [9.17, 15) is 5.11 Å². The molecule has 1 unspecified atom stereocenters. The third-order valence-corrected chi connectivity index (χ3v) is 2.12. The summed E-state index contributed by atoms with van der Waals surface area (Å²) in [5.74, 6) is 0.612. The van der Waals surface area contributed by atoms with Gasteiger partial charge in [-0.3, -0.25) is 0 Å². The van der Waals surface area contributed by atoms with Gasteiger partial charge in [0.2, 0.25) is 0 Å². The molecule has 74 valence electrons. The van der Waals surface area contributed by atoms with Gasteiger partial charge >= 0.3 is 0 Å². The van der Waals surface area contributed by atoms with E-state index in [4.69, 9.17) is 0 Å². The molecule has 0 aliphatic heterocycles. The number of para-hydroxylation sites is 2. The topological polar surface area (TPSA) is 60.9 Å². The number of hydrogen-bond acceptors (Lipinski definition) is 3. The molecule has 3 N–H and O–H groups in total. The Morgan fingerprint density at radius 3 is 3.00 bits per heavy atom. The van der Waals surface area contributed by atoms with E-state index in [-0.39, 0.29) is 0 Å². The lowest BCUT2D eigenvalue weighted by Crippen LogP contribution is -2.17. The normalized spacial score (nSPS) is 13.3. The zero-order valence-electron chi connectivity index (χ0n) is 7.99. The summed E-state index contributed by atoms with van der Waals surface area (Å²) in [5, 5.41) is 12.6. The maximum absolute atomic E-state index is 9.67. The standard InChI is InChI=1S/C10H13N3O/c1-11-6-9(14)10-12-7-4-2-3-5-8(7)13-10/h2-5,9,11,14H,6H2,1H3,(H,12,13). The van der Waals surface area contributed by atoms with Crippen molar-refractivity contribution in [1.29, 1.82) is 0 Å². The Kier molecular flexibility index (Phi) is 2.47. The number of aromatic nitrogens is 2. The number of rotatable bonds is 3. The second kappa shape index (κ2) is 3.77. The minimum atomic E-state index is -0.576. The van der Waals surface area contributed by atoms with Crippen molar-refractivity contribution in [3.63, 3.8) is 0 Å². The molecule has 0 saturated carbocycles. The predicted molar refractivity (Wildman–Crippen MR) is 55.0 cm³/mol. The second-order valence-electron chi connectivity index (χ2n) is 3.21. The van der Waals surface area contributed by atoms with Crippen LogP contribution >= 0.6 is 0 Å². The maximum atomic E-state index is 9.67. The average molecular weight is 191 g/mol. The summed E-state index contributed by atoms with van der Waals surface area (Å²) in [6.45, 7) is 0.500. The van der Waals surface area contributed by atoms with Gasteiger partial charge in [0.05, 0.1) is 11.0 Å². The van der Waals surface area contributed by atoms with Crippen molar-refractivity contribution in [2.24, 2.45) is 0 Å². The van der Waals surface area contributed by atoms with E-state index in [1.807, 2.05) is 24.3 Å². The van der Waals surface area contributed by atoms with E-state index < -0.39 is 6.10 Å². The van der Waals surface area contributed by atoms with Crippen molar-refractivity contribution in [3.8, 4) is 0 Å². The summed E-state index contributed by atoms with van der Waals surface area (Å²) in [4.78, 5) is 7.36. The zero-order chi connectivity index (χ0) is 9.97. The highest BCUT2D eigenvalue weighted by molar-refractivity contribution is 5.74. The maximum Gasteiger partial charge on any atom is 0.137 e. The van der Waals surface area contributed by atoms with E-state index in [2.05, 4.69) is 15.3 Å². The first-order chi connectivity index (χ1) is 6.81. The molecule has 4 nitrogen and oxygen atoms in total. The van der Waals surface area contributed by atoms with Gasteiger partial charge in [0.25, 0.3) is 0 Å². The van der Waals surface area contributed by atoms with Gasteiger partial charge in [-0.15, -0.1) is 0 Å². The molecule has 1 aromatic heterocycles. The molecule has 2 rings (SSSR count). The Labute approximate surface area is 82.0 Å². The van der Waals surface area contributed by atoms with E-state index >= 15 is 0 Å². The molecule has 0 radical (unpaired) electrons. The van der Waals surface area contributed by atoms with Gasteiger partial charge < -0.3 is 15.4 Å². The number of imidazole rings is 1. The van der Waals surface area contributed by atoms with Crippen LogP contribution in [0.25, 0.3) is 11.0 Å². The molecule has 0 aliphatic rings. The first-order valence-corrected chi connectivity index (χ1v) is 4.58. The largest absolute Gasteiger partial charge is 0.384 e. The molecule has 2 aromatic rings. The van der Waals surface area contributed by atoms with Crippen LogP contribution in [-0.4, -0.2) is 28.7 Å². The number of fused-ring (bicyclic) bond motifs is 1. The number of benzene rings is 1. The smallest absolute Gasteiger partial charge is 0.137 e. The first kappa shape index (κ1) is 9.18. The lowest BCUT2D eigenvalue weighted by atomic mass is 10.3. The summed E-state index contributed by atoms with van der Waals surface area (Å²) >= 11 is 0. The van der Waals surface area contributed by atoms with E-state index in [1.165, 1.54) is 0 Å².